The molecule has 0 atom stereocenters. The highest BCUT2D eigenvalue weighted by Crippen LogP contribution is 2.35. The molecule has 1 aliphatic rings. The van der Waals surface area contributed by atoms with Crippen molar-refractivity contribution in [3.63, 3.8) is 0 Å². The van der Waals surface area contributed by atoms with Gasteiger partial charge in [0.25, 0.3) is 0 Å². The summed E-state index contributed by atoms with van der Waals surface area (Å²) in [7, 11) is 4.34. The van der Waals surface area contributed by atoms with Gasteiger partial charge in [-0.1, -0.05) is 47.5 Å². The molecule has 0 aliphatic heterocycles. The molecule has 0 aromatic heterocycles. The smallest absolute Gasteiger partial charge is 0.224 e. The number of hydrogen-bond acceptors (Lipinski definition) is 3. The molecule has 2 aromatic rings. The number of carbonyl (C=O) groups excluding carboxylic acids is 2. The molecule has 1 fully saturated rings. The minimum absolute atomic E-state index is 0.0370. The maximum Gasteiger partial charge on any atom is 0.224 e. The molecule has 0 heterocycles. The van der Waals surface area contributed by atoms with Crippen molar-refractivity contribution >= 4 is 17.5 Å². The second kappa shape index (κ2) is 10.8. The van der Waals surface area contributed by atoms with Crippen molar-refractivity contribution in [3.8, 4) is 0 Å². The van der Waals surface area contributed by atoms with Gasteiger partial charge in [0.15, 0.2) is 0 Å². The van der Waals surface area contributed by atoms with Crippen molar-refractivity contribution < 1.29 is 9.59 Å². The van der Waals surface area contributed by atoms with E-state index in [1.165, 1.54) is 11.1 Å². The Bertz CT molecular complexity index is 913. The Kier molecular flexibility index (Phi) is 8.08. The topological polar surface area (TPSA) is 61.4 Å². The van der Waals surface area contributed by atoms with Crippen LogP contribution in [0.25, 0.3) is 0 Å². The molecule has 5 heteroatoms. The zero-order chi connectivity index (χ0) is 23.1. The third kappa shape index (κ3) is 6.67. The van der Waals surface area contributed by atoms with Gasteiger partial charge in [-0.2, -0.15) is 0 Å². The second-order valence-corrected chi connectivity index (χ2v) is 9.54. The fourth-order valence-corrected chi connectivity index (χ4v) is 4.67. The highest BCUT2D eigenvalue weighted by atomic mass is 16.2. The van der Waals surface area contributed by atoms with E-state index in [0.717, 1.165) is 43.4 Å². The van der Waals surface area contributed by atoms with Crippen molar-refractivity contribution in [1.29, 1.82) is 0 Å². The summed E-state index contributed by atoms with van der Waals surface area (Å²) in [5.74, 6) is -0.164. The Morgan fingerprint density at radius 1 is 0.938 bits per heavy atom. The number of benzene rings is 2. The lowest BCUT2D eigenvalue weighted by molar-refractivity contribution is -0.125. The number of nitrogens with zero attached hydrogens (tertiary/aromatic N) is 1. The lowest BCUT2D eigenvalue weighted by Crippen LogP contribution is -2.52. The predicted octanol–water partition coefficient (Wildman–Crippen LogP) is 4.62. The highest BCUT2D eigenvalue weighted by molar-refractivity contribution is 5.93. The quantitative estimate of drug-likeness (QED) is 0.636. The molecule has 2 aromatic carbocycles. The fourth-order valence-electron chi connectivity index (χ4n) is 4.67. The lowest BCUT2D eigenvalue weighted by Gasteiger charge is -2.45. The number of amides is 2. The Hall–Kier alpha value is -2.66. The molecule has 0 spiro atoms. The number of rotatable bonds is 8. The summed E-state index contributed by atoms with van der Waals surface area (Å²) in [6.45, 7) is 4.14. The summed E-state index contributed by atoms with van der Waals surface area (Å²) in [6, 6.07) is 16.6. The standard InChI is InChI=1S/C27H37N3O2/c1-20-8-10-23(11-9-20)28-25(31)12-13-26(32)29-24-14-16-27(17-15-24,30(3)4)19-22-7-5-6-21(2)18-22/h5-11,18,24H,12-17,19H2,1-4H3,(H,28,31)(H,29,32). The van der Waals surface area contributed by atoms with E-state index in [1.807, 2.05) is 31.2 Å². The molecule has 0 unspecified atom stereocenters. The van der Waals surface area contributed by atoms with Gasteiger partial charge in [-0.15, -0.1) is 0 Å². The first-order valence-corrected chi connectivity index (χ1v) is 11.6. The first-order chi connectivity index (χ1) is 15.3. The van der Waals surface area contributed by atoms with E-state index in [0.29, 0.717) is 0 Å². The summed E-state index contributed by atoms with van der Waals surface area (Å²) >= 11 is 0. The third-order valence-electron chi connectivity index (χ3n) is 6.76. The van der Waals surface area contributed by atoms with Crippen LogP contribution in [-0.2, 0) is 16.0 Å². The number of nitrogens with one attached hydrogen (secondary N) is 2. The van der Waals surface area contributed by atoms with Crippen molar-refractivity contribution in [3.05, 3.63) is 65.2 Å². The maximum absolute atomic E-state index is 12.4. The third-order valence-corrected chi connectivity index (χ3v) is 6.76. The van der Waals surface area contributed by atoms with Gasteiger partial charge in [-0.05, 0) is 77.7 Å². The largest absolute Gasteiger partial charge is 0.353 e. The zero-order valence-corrected chi connectivity index (χ0v) is 19.9. The van der Waals surface area contributed by atoms with Crippen molar-refractivity contribution in [2.75, 3.05) is 19.4 Å². The number of hydrogen-bond donors (Lipinski definition) is 2. The van der Waals surface area contributed by atoms with Gasteiger partial charge >= 0.3 is 0 Å². The molecule has 0 saturated heterocycles. The summed E-state index contributed by atoms with van der Waals surface area (Å²) in [4.78, 5) is 27.0. The van der Waals surface area contributed by atoms with Crippen LogP contribution in [0, 0.1) is 13.8 Å². The number of anilines is 1. The molecule has 3 rings (SSSR count). The Morgan fingerprint density at radius 3 is 2.22 bits per heavy atom. The van der Waals surface area contributed by atoms with E-state index in [-0.39, 0.29) is 36.2 Å². The zero-order valence-electron chi connectivity index (χ0n) is 19.9. The predicted molar refractivity (Wildman–Crippen MR) is 131 cm³/mol. The SMILES string of the molecule is Cc1ccc(NC(=O)CCC(=O)NC2CCC(Cc3cccc(C)c3)(N(C)C)CC2)cc1. The summed E-state index contributed by atoms with van der Waals surface area (Å²) in [5.41, 5.74) is 4.71. The number of aryl methyl sites for hydroxylation is 2. The minimum Gasteiger partial charge on any atom is -0.353 e. The van der Waals surface area contributed by atoms with Crippen LogP contribution in [0.1, 0.15) is 55.2 Å². The first-order valence-electron chi connectivity index (χ1n) is 11.6. The number of likely N-dealkylation sites (N-methyl/N-ethyl adjacent to an activating group) is 1. The molecule has 0 radical (unpaired) electrons. The van der Waals surface area contributed by atoms with Gasteiger partial charge in [-0.25, -0.2) is 0 Å². The monoisotopic (exact) mass is 435 g/mol. The van der Waals surface area contributed by atoms with Gasteiger partial charge in [0.05, 0.1) is 0 Å². The van der Waals surface area contributed by atoms with Crippen LogP contribution in [0.3, 0.4) is 0 Å². The van der Waals surface area contributed by atoms with Gasteiger partial charge in [-0.3, -0.25) is 9.59 Å². The molecule has 1 aliphatic carbocycles. The Balaban J connectivity index is 1.45. The lowest BCUT2D eigenvalue weighted by atomic mass is 9.74. The van der Waals surface area contributed by atoms with Gasteiger partial charge in [0, 0.05) is 30.1 Å². The van der Waals surface area contributed by atoms with E-state index in [2.05, 4.69) is 60.8 Å². The second-order valence-electron chi connectivity index (χ2n) is 9.54. The molecule has 2 amide bonds. The van der Waals surface area contributed by atoms with Crippen molar-refractivity contribution in [2.45, 2.75) is 70.4 Å². The molecule has 32 heavy (non-hydrogen) atoms. The van der Waals surface area contributed by atoms with Crippen LogP contribution in [0.15, 0.2) is 48.5 Å². The minimum atomic E-state index is -0.127. The molecule has 5 nitrogen and oxygen atoms in total. The van der Waals surface area contributed by atoms with Crippen LogP contribution in [0.5, 0.6) is 0 Å². The van der Waals surface area contributed by atoms with Gasteiger partial charge < -0.3 is 15.5 Å². The van der Waals surface area contributed by atoms with Crippen molar-refractivity contribution in [2.24, 2.45) is 0 Å². The van der Waals surface area contributed by atoms with Crippen molar-refractivity contribution in [1.82, 2.24) is 10.2 Å². The molecule has 172 valence electrons. The van der Waals surface area contributed by atoms with Crippen LogP contribution < -0.4 is 10.6 Å². The molecular formula is C27H37N3O2. The molecular weight excluding hydrogens is 398 g/mol. The highest BCUT2D eigenvalue weighted by Gasteiger charge is 2.37. The summed E-state index contributed by atoms with van der Waals surface area (Å²) < 4.78 is 0. The Labute approximate surface area is 192 Å². The summed E-state index contributed by atoms with van der Waals surface area (Å²) in [6.07, 6.45) is 5.47. The van der Waals surface area contributed by atoms with E-state index >= 15 is 0 Å². The van der Waals surface area contributed by atoms with Crippen LogP contribution >= 0.6 is 0 Å². The molecule has 0 bridgehead atoms. The van der Waals surface area contributed by atoms with Gasteiger partial charge in [0.1, 0.15) is 0 Å². The van der Waals surface area contributed by atoms with Crippen LogP contribution in [-0.4, -0.2) is 42.4 Å². The fraction of sp³-hybridized carbons (Fsp3) is 0.481. The van der Waals surface area contributed by atoms with E-state index in [1.54, 1.807) is 0 Å². The maximum atomic E-state index is 12.4. The van der Waals surface area contributed by atoms with Crippen LogP contribution in [0.4, 0.5) is 5.69 Å². The summed E-state index contributed by atoms with van der Waals surface area (Å²) in [5, 5.41) is 6.01. The van der Waals surface area contributed by atoms with E-state index in [4.69, 9.17) is 0 Å². The first kappa shape index (κ1) is 24.0. The van der Waals surface area contributed by atoms with E-state index in [9.17, 15) is 9.59 Å². The van der Waals surface area contributed by atoms with Gasteiger partial charge in [0.2, 0.25) is 11.8 Å². The molecule has 1 saturated carbocycles. The average molecular weight is 436 g/mol. The number of carbonyl (C=O) groups is 2. The van der Waals surface area contributed by atoms with Crippen LogP contribution in [0.2, 0.25) is 0 Å². The van der Waals surface area contributed by atoms with E-state index < -0.39 is 0 Å². The average Bonchev–Trinajstić information content (AvgIpc) is 2.75. The normalized spacial score (nSPS) is 20.7. The Morgan fingerprint density at radius 2 is 1.59 bits per heavy atom. The molecule has 2 N–H and O–H groups in total.